The molecule has 0 radical (unpaired) electrons. The molecular weight excluding hydrogens is 318 g/mol. The maximum Gasteiger partial charge on any atom is 0.332 e. The third-order valence-corrected chi connectivity index (χ3v) is 5.37. The molecule has 1 N–H and O–H groups in total. The van der Waals surface area contributed by atoms with Gasteiger partial charge in [0.25, 0.3) is 5.56 Å². The molecule has 3 rings (SSSR count). The van der Waals surface area contributed by atoms with Gasteiger partial charge in [-0.1, -0.05) is 13.8 Å². The third kappa shape index (κ3) is 3.05. The first-order valence-corrected chi connectivity index (χ1v) is 9.21. The molecule has 1 aliphatic rings. The van der Waals surface area contributed by atoms with Crippen LogP contribution in [0.1, 0.15) is 46.0 Å². The Morgan fingerprint density at radius 3 is 2.28 bits per heavy atom. The second kappa shape index (κ2) is 6.44. The van der Waals surface area contributed by atoms with Crippen LogP contribution in [0.25, 0.3) is 11.2 Å². The van der Waals surface area contributed by atoms with Crippen LogP contribution in [0, 0.1) is 11.8 Å². The Balaban J connectivity index is 2.14. The third-order valence-electron chi connectivity index (χ3n) is 5.37. The van der Waals surface area contributed by atoms with Crippen LogP contribution in [0.4, 0.5) is 0 Å². The zero-order valence-corrected chi connectivity index (χ0v) is 16.2. The summed E-state index contributed by atoms with van der Waals surface area (Å²) >= 11 is 0. The Bertz CT molecular complexity index is 895. The van der Waals surface area contributed by atoms with E-state index in [-0.39, 0.29) is 17.3 Å². The molecule has 0 bridgehead atoms. The lowest BCUT2D eigenvalue weighted by atomic mass is 9.92. The van der Waals surface area contributed by atoms with E-state index in [1.807, 2.05) is 4.57 Å². The smallest absolute Gasteiger partial charge is 0.328 e. The molecule has 0 amide bonds. The molecule has 2 aromatic heterocycles. The van der Waals surface area contributed by atoms with Gasteiger partial charge in [-0.15, -0.1) is 0 Å². The standard InChI is InChI=1S/C18H29N5O2/c1-11(2)23-14(10-22-8-12(3)7-13(4)9-22)19-16-15(23)17(24)21(6)18(25)20(16)5/h11-13H,7-10H2,1-6H3/p+1/t12-,13-/m1/s1. The lowest BCUT2D eigenvalue weighted by molar-refractivity contribution is -0.926. The second-order valence-electron chi connectivity index (χ2n) is 8.15. The van der Waals surface area contributed by atoms with Crippen LogP contribution in [0.15, 0.2) is 9.59 Å². The maximum absolute atomic E-state index is 12.7. The fourth-order valence-electron chi connectivity index (χ4n) is 4.43. The minimum atomic E-state index is -0.329. The van der Waals surface area contributed by atoms with Crippen LogP contribution in [0.2, 0.25) is 0 Å². The SMILES string of the molecule is CC(C)n1c(C[NH+]2C[C@H](C)C[C@@H](C)C2)nc2c1c(=O)n(C)c(=O)n2C. The van der Waals surface area contributed by atoms with E-state index in [1.54, 1.807) is 7.05 Å². The highest BCUT2D eigenvalue weighted by atomic mass is 16.2. The van der Waals surface area contributed by atoms with E-state index in [9.17, 15) is 9.59 Å². The van der Waals surface area contributed by atoms with Crippen molar-refractivity contribution < 1.29 is 4.90 Å². The summed E-state index contributed by atoms with van der Waals surface area (Å²) in [4.78, 5) is 31.2. The number of fused-ring (bicyclic) bond motifs is 1. The first-order chi connectivity index (χ1) is 11.7. The van der Waals surface area contributed by atoms with Crippen molar-refractivity contribution in [2.45, 2.75) is 46.7 Å². The molecule has 25 heavy (non-hydrogen) atoms. The van der Waals surface area contributed by atoms with Gasteiger partial charge in [-0.05, 0) is 20.3 Å². The molecule has 0 spiro atoms. The molecule has 2 atom stereocenters. The number of imidazole rings is 1. The number of nitrogens with one attached hydrogen (secondary N) is 1. The molecular formula is C18H30N5O2+. The Labute approximate surface area is 147 Å². The molecule has 0 aromatic carbocycles. The van der Waals surface area contributed by atoms with Gasteiger partial charge in [0.1, 0.15) is 6.54 Å². The highest BCUT2D eigenvalue weighted by molar-refractivity contribution is 5.71. The summed E-state index contributed by atoms with van der Waals surface area (Å²) in [7, 11) is 3.21. The average Bonchev–Trinajstić information content (AvgIpc) is 2.89. The molecule has 0 aliphatic carbocycles. The second-order valence-corrected chi connectivity index (χ2v) is 8.15. The van der Waals surface area contributed by atoms with Gasteiger partial charge in [0.2, 0.25) is 0 Å². The summed E-state index contributed by atoms with van der Waals surface area (Å²) in [5, 5.41) is 0. The predicted octanol–water partition coefficient (Wildman–Crippen LogP) is 0.0754. The van der Waals surface area contributed by atoms with E-state index < -0.39 is 0 Å². The van der Waals surface area contributed by atoms with Crippen molar-refractivity contribution in [3.05, 3.63) is 26.7 Å². The molecule has 7 nitrogen and oxygen atoms in total. The van der Waals surface area contributed by atoms with Crippen molar-refractivity contribution in [3.8, 4) is 0 Å². The van der Waals surface area contributed by atoms with Crippen LogP contribution >= 0.6 is 0 Å². The minimum Gasteiger partial charge on any atom is -0.328 e. The van der Waals surface area contributed by atoms with Gasteiger partial charge in [-0.25, -0.2) is 9.78 Å². The van der Waals surface area contributed by atoms with Crippen molar-refractivity contribution >= 4 is 11.2 Å². The Hall–Kier alpha value is -1.89. The van der Waals surface area contributed by atoms with Gasteiger partial charge in [-0.3, -0.25) is 13.9 Å². The number of aryl methyl sites for hydroxylation is 1. The number of aromatic nitrogens is 4. The maximum atomic E-state index is 12.7. The quantitative estimate of drug-likeness (QED) is 0.854. The highest BCUT2D eigenvalue weighted by Gasteiger charge is 2.28. The van der Waals surface area contributed by atoms with Crippen molar-refractivity contribution in [2.75, 3.05) is 13.1 Å². The molecule has 1 saturated heterocycles. The molecule has 0 saturated carbocycles. The number of nitrogens with zero attached hydrogens (tertiary/aromatic N) is 4. The summed E-state index contributed by atoms with van der Waals surface area (Å²) in [6, 6.07) is 0.115. The Morgan fingerprint density at radius 1 is 1.12 bits per heavy atom. The summed E-state index contributed by atoms with van der Waals surface area (Å²) in [5.74, 6) is 2.31. The van der Waals surface area contributed by atoms with Gasteiger partial charge in [0.15, 0.2) is 17.0 Å². The topological polar surface area (TPSA) is 66.3 Å². The average molecular weight is 348 g/mol. The summed E-state index contributed by atoms with van der Waals surface area (Å²) in [6.07, 6.45) is 1.28. The molecule has 1 aliphatic heterocycles. The predicted molar refractivity (Wildman–Crippen MR) is 97.9 cm³/mol. The molecule has 3 heterocycles. The molecule has 138 valence electrons. The zero-order chi connectivity index (χ0) is 18.5. The first kappa shape index (κ1) is 17.9. The minimum absolute atomic E-state index is 0.115. The van der Waals surface area contributed by atoms with Gasteiger partial charge in [-0.2, -0.15) is 0 Å². The van der Waals surface area contributed by atoms with Crippen molar-refractivity contribution in [2.24, 2.45) is 25.9 Å². The van der Waals surface area contributed by atoms with Crippen LogP contribution in [0.5, 0.6) is 0 Å². The van der Waals surface area contributed by atoms with Crippen molar-refractivity contribution in [3.63, 3.8) is 0 Å². The summed E-state index contributed by atoms with van der Waals surface area (Å²) in [6.45, 7) is 11.8. The Kier molecular flexibility index (Phi) is 4.62. The highest BCUT2D eigenvalue weighted by Crippen LogP contribution is 2.18. The van der Waals surface area contributed by atoms with Crippen LogP contribution in [-0.4, -0.2) is 31.8 Å². The fourth-order valence-corrected chi connectivity index (χ4v) is 4.43. The molecule has 0 unspecified atom stereocenters. The molecule has 2 aromatic rings. The van der Waals surface area contributed by atoms with Crippen molar-refractivity contribution in [1.29, 1.82) is 0 Å². The molecule has 1 fully saturated rings. The van der Waals surface area contributed by atoms with E-state index in [1.165, 1.54) is 27.5 Å². The van der Waals surface area contributed by atoms with Gasteiger partial charge in [0, 0.05) is 32.0 Å². The van der Waals surface area contributed by atoms with Gasteiger partial charge in [0.05, 0.1) is 13.1 Å². The first-order valence-electron chi connectivity index (χ1n) is 9.21. The lowest BCUT2D eigenvalue weighted by Gasteiger charge is -2.32. The number of likely N-dealkylation sites (tertiary alicyclic amines) is 1. The van der Waals surface area contributed by atoms with E-state index in [0.717, 1.165) is 25.5 Å². The summed E-state index contributed by atoms with van der Waals surface area (Å²) < 4.78 is 4.68. The van der Waals surface area contributed by atoms with Crippen molar-refractivity contribution in [1.82, 2.24) is 18.7 Å². The van der Waals surface area contributed by atoms with Gasteiger partial charge >= 0.3 is 5.69 Å². The summed E-state index contributed by atoms with van der Waals surface area (Å²) in [5.41, 5.74) is 0.437. The van der Waals surface area contributed by atoms with Crippen LogP contribution in [0.3, 0.4) is 0 Å². The number of rotatable bonds is 3. The number of hydrogen-bond donors (Lipinski definition) is 1. The zero-order valence-electron chi connectivity index (χ0n) is 16.2. The van der Waals surface area contributed by atoms with E-state index >= 15 is 0 Å². The van der Waals surface area contributed by atoms with Crippen LogP contribution < -0.4 is 16.1 Å². The van der Waals surface area contributed by atoms with E-state index in [0.29, 0.717) is 23.0 Å². The van der Waals surface area contributed by atoms with Crippen LogP contribution in [-0.2, 0) is 20.6 Å². The normalized spacial score (nSPS) is 24.4. The lowest BCUT2D eigenvalue weighted by Crippen LogP contribution is -3.13. The fraction of sp³-hybridized carbons (Fsp3) is 0.722. The largest absolute Gasteiger partial charge is 0.332 e. The van der Waals surface area contributed by atoms with E-state index in [4.69, 9.17) is 4.98 Å². The monoisotopic (exact) mass is 348 g/mol. The number of piperidine rings is 1. The number of quaternary nitrogens is 1. The van der Waals surface area contributed by atoms with Gasteiger partial charge < -0.3 is 9.47 Å². The number of hydrogen-bond acceptors (Lipinski definition) is 3. The molecule has 7 heteroatoms. The Morgan fingerprint density at radius 2 is 1.72 bits per heavy atom. The van der Waals surface area contributed by atoms with E-state index in [2.05, 4.69) is 27.7 Å².